The molecular weight excluding hydrogens is 526 g/mol. The van der Waals surface area contributed by atoms with Gasteiger partial charge in [0.1, 0.15) is 18.2 Å². The first-order valence-corrected chi connectivity index (χ1v) is 13.9. The number of methoxy groups -OCH3 is 1. The van der Waals surface area contributed by atoms with Crippen LogP contribution in [0.4, 0.5) is 0 Å². The molecule has 3 N–H and O–H groups in total. The van der Waals surface area contributed by atoms with Gasteiger partial charge in [-0.15, -0.1) is 0 Å². The SMILES string of the molecule is C=C1C(=O)OC(CCOC)C2(C)C1=C(O)C(=O)C1=C2C(O)CC2(C)C(=O)CCC12.CC=O.CNCc1ccccc1. The Bertz CT molecular complexity index is 1270. The van der Waals surface area contributed by atoms with Crippen molar-refractivity contribution >= 4 is 23.8 Å². The fraction of sp³-hybridized carbons (Fsp3) is 0.500. The normalized spacial score (nSPS) is 30.2. The van der Waals surface area contributed by atoms with Gasteiger partial charge in [-0.2, -0.15) is 0 Å². The third-order valence-electron chi connectivity index (χ3n) is 8.68. The van der Waals surface area contributed by atoms with Gasteiger partial charge < -0.3 is 29.8 Å². The maximum Gasteiger partial charge on any atom is 0.338 e. The zero-order valence-corrected chi connectivity index (χ0v) is 24.5. The van der Waals surface area contributed by atoms with Crippen LogP contribution in [-0.4, -0.2) is 67.0 Å². The molecule has 0 bridgehead atoms. The number of aliphatic hydroxyl groups excluding tert-OH is 2. The molecule has 0 amide bonds. The van der Waals surface area contributed by atoms with Gasteiger partial charge in [-0.05, 0) is 44.9 Å². The molecule has 9 heteroatoms. The highest BCUT2D eigenvalue weighted by atomic mass is 16.5. The monoisotopic (exact) mass is 567 g/mol. The van der Waals surface area contributed by atoms with Gasteiger partial charge >= 0.3 is 5.97 Å². The fourth-order valence-corrected chi connectivity index (χ4v) is 6.78. The number of hydrogen-bond donors (Lipinski definition) is 3. The zero-order valence-electron chi connectivity index (χ0n) is 24.5. The quantitative estimate of drug-likeness (QED) is 0.277. The standard InChI is InChI=1S/C22H26O7.C8H11N.C2H4O/c1-10-16-19(26)18(25)15-11-5-6-13(24)21(11,2)9-12(23)17(15)22(16,3)14(7-8-28-4)29-20(10)27;1-9-7-8-5-3-2-4-6-8;1-2-3/h11-12,14,23,26H,1,5-9H2,2-4H3;2-6,9H,7H2,1H3;2H,1H3. The van der Waals surface area contributed by atoms with Gasteiger partial charge in [0, 0.05) is 55.6 Å². The van der Waals surface area contributed by atoms with Crippen LogP contribution in [-0.2, 0) is 35.2 Å². The number of allylic oxidation sites excluding steroid dienone is 1. The van der Waals surface area contributed by atoms with Gasteiger partial charge in [0.25, 0.3) is 0 Å². The number of cyclic esters (lactones) is 1. The summed E-state index contributed by atoms with van der Waals surface area (Å²) in [7, 11) is 3.48. The van der Waals surface area contributed by atoms with Crippen molar-refractivity contribution in [1.82, 2.24) is 5.32 Å². The number of aldehydes is 1. The Balaban J connectivity index is 0.000000323. The van der Waals surface area contributed by atoms with Crippen molar-refractivity contribution in [2.24, 2.45) is 16.7 Å². The average molecular weight is 568 g/mol. The van der Waals surface area contributed by atoms with E-state index in [-0.39, 0.29) is 29.3 Å². The van der Waals surface area contributed by atoms with Crippen LogP contribution in [0.2, 0.25) is 0 Å². The molecule has 1 aromatic rings. The fourth-order valence-electron chi connectivity index (χ4n) is 6.78. The van der Waals surface area contributed by atoms with E-state index in [1.807, 2.05) is 25.2 Å². The van der Waals surface area contributed by atoms with Crippen LogP contribution in [0.25, 0.3) is 0 Å². The molecule has 0 spiro atoms. The van der Waals surface area contributed by atoms with E-state index in [1.165, 1.54) is 19.6 Å². The van der Waals surface area contributed by atoms with Gasteiger partial charge in [-0.1, -0.05) is 43.8 Å². The molecule has 1 aromatic carbocycles. The number of aliphatic hydroxyl groups is 2. The van der Waals surface area contributed by atoms with Gasteiger partial charge in [-0.3, -0.25) is 9.59 Å². The summed E-state index contributed by atoms with van der Waals surface area (Å²) in [6.45, 7) is 9.99. The summed E-state index contributed by atoms with van der Waals surface area (Å²) in [4.78, 5) is 47.0. The molecular formula is C32H41NO8. The van der Waals surface area contributed by atoms with E-state index in [1.54, 1.807) is 13.8 Å². The van der Waals surface area contributed by atoms with E-state index >= 15 is 0 Å². The first-order valence-electron chi connectivity index (χ1n) is 13.9. The van der Waals surface area contributed by atoms with Crippen LogP contribution >= 0.6 is 0 Å². The molecule has 5 unspecified atom stereocenters. The van der Waals surface area contributed by atoms with Gasteiger partial charge in [0.15, 0.2) is 5.76 Å². The van der Waals surface area contributed by atoms with Crippen molar-refractivity contribution in [2.45, 2.75) is 65.2 Å². The molecule has 222 valence electrons. The number of rotatable bonds is 5. The van der Waals surface area contributed by atoms with Crippen LogP contribution < -0.4 is 5.32 Å². The summed E-state index contributed by atoms with van der Waals surface area (Å²) in [6, 6.07) is 10.3. The lowest BCUT2D eigenvalue weighted by Gasteiger charge is -2.52. The first-order chi connectivity index (χ1) is 19.4. The highest BCUT2D eigenvalue weighted by molar-refractivity contribution is 6.13. The minimum absolute atomic E-state index is 0.0238. The number of Topliss-reactive ketones (excluding diaryl/α,β-unsaturated/α-hetero) is 2. The van der Waals surface area contributed by atoms with Gasteiger partial charge in [0.2, 0.25) is 5.78 Å². The molecule has 3 aliphatic carbocycles. The molecule has 1 saturated carbocycles. The third kappa shape index (κ3) is 5.71. The molecule has 1 aliphatic heterocycles. The van der Waals surface area contributed by atoms with Gasteiger partial charge in [-0.25, -0.2) is 4.79 Å². The average Bonchev–Trinajstić information content (AvgIpc) is 3.23. The third-order valence-corrected chi connectivity index (χ3v) is 8.68. The molecule has 1 saturated heterocycles. The lowest BCUT2D eigenvalue weighted by Crippen LogP contribution is -2.55. The number of fused-ring (bicyclic) bond motifs is 4. The van der Waals surface area contributed by atoms with Crippen molar-refractivity contribution in [2.75, 3.05) is 20.8 Å². The molecule has 0 radical (unpaired) electrons. The number of nitrogens with one attached hydrogen (secondary N) is 1. The first kappa shape index (κ1) is 32.1. The Morgan fingerprint density at radius 2 is 1.83 bits per heavy atom. The number of ketones is 2. The molecule has 41 heavy (non-hydrogen) atoms. The summed E-state index contributed by atoms with van der Waals surface area (Å²) < 4.78 is 10.8. The van der Waals surface area contributed by atoms with Crippen molar-refractivity contribution in [3.63, 3.8) is 0 Å². The number of hydrogen-bond acceptors (Lipinski definition) is 9. The summed E-state index contributed by atoms with van der Waals surface area (Å²) >= 11 is 0. The highest BCUT2D eigenvalue weighted by Gasteiger charge is 2.63. The zero-order chi connectivity index (χ0) is 30.5. The second-order valence-corrected chi connectivity index (χ2v) is 11.1. The molecule has 1 heterocycles. The molecule has 2 fully saturated rings. The predicted octanol–water partition coefficient (Wildman–Crippen LogP) is 3.56. The molecule has 4 aliphatic rings. The minimum Gasteiger partial charge on any atom is -0.504 e. The summed E-state index contributed by atoms with van der Waals surface area (Å²) in [6.07, 6.45) is 0.285. The summed E-state index contributed by atoms with van der Waals surface area (Å²) in [5.74, 6) is -2.22. The smallest absolute Gasteiger partial charge is 0.338 e. The van der Waals surface area contributed by atoms with E-state index in [0.717, 1.165) is 12.8 Å². The lowest BCUT2D eigenvalue weighted by atomic mass is 9.53. The van der Waals surface area contributed by atoms with Crippen LogP contribution in [0, 0.1) is 16.7 Å². The van der Waals surface area contributed by atoms with Crippen molar-refractivity contribution in [1.29, 1.82) is 0 Å². The highest BCUT2D eigenvalue weighted by Crippen LogP contribution is 2.61. The largest absolute Gasteiger partial charge is 0.504 e. The molecule has 5 atom stereocenters. The Morgan fingerprint density at radius 1 is 1.20 bits per heavy atom. The van der Waals surface area contributed by atoms with E-state index in [0.29, 0.717) is 37.0 Å². The van der Waals surface area contributed by atoms with Crippen LogP contribution in [0.15, 0.2) is 65.0 Å². The van der Waals surface area contributed by atoms with Crippen LogP contribution in [0.5, 0.6) is 0 Å². The van der Waals surface area contributed by atoms with E-state index < -0.39 is 40.5 Å². The van der Waals surface area contributed by atoms with Crippen LogP contribution in [0.3, 0.4) is 0 Å². The van der Waals surface area contributed by atoms with Crippen LogP contribution in [0.1, 0.15) is 52.0 Å². The van der Waals surface area contributed by atoms with E-state index in [9.17, 15) is 24.6 Å². The Kier molecular flexibility index (Phi) is 10.2. The minimum atomic E-state index is -1.12. The second-order valence-electron chi connectivity index (χ2n) is 11.1. The second kappa shape index (κ2) is 13.1. The topological polar surface area (TPSA) is 139 Å². The number of ether oxygens (including phenoxy) is 2. The van der Waals surface area contributed by atoms with Crippen molar-refractivity contribution in [3.8, 4) is 0 Å². The predicted molar refractivity (Wildman–Crippen MR) is 153 cm³/mol. The molecule has 9 nitrogen and oxygen atoms in total. The lowest BCUT2D eigenvalue weighted by molar-refractivity contribution is -0.154. The Labute approximate surface area is 241 Å². The van der Waals surface area contributed by atoms with Gasteiger partial charge in [0.05, 0.1) is 17.1 Å². The number of benzene rings is 1. The summed E-state index contributed by atoms with van der Waals surface area (Å²) in [5, 5.41) is 25.1. The maximum absolute atomic E-state index is 13.3. The number of carbonyl (C=O) groups is 4. The van der Waals surface area contributed by atoms with E-state index in [4.69, 9.17) is 14.3 Å². The maximum atomic E-state index is 13.3. The molecule has 0 aromatic heterocycles. The number of carbonyl (C=O) groups excluding carboxylic acids is 4. The molecule has 5 rings (SSSR count). The van der Waals surface area contributed by atoms with Crippen molar-refractivity contribution < 1.29 is 38.9 Å². The van der Waals surface area contributed by atoms with E-state index in [2.05, 4.69) is 24.0 Å². The summed E-state index contributed by atoms with van der Waals surface area (Å²) in [5.41, 5.74) is 0.152. The number of esters is 1. The van der Waals surface area contributed by atoms with Crippen molar-refractivity contribution in [3.05, 3.63) is 70.5 Å². The Hall–Kier alpha value is -3.40. The Morgan fingerprint density at radius 3 is 2.41 bits per heavy atom.